The fourth-order valence-electron chi connectivity index (χ4n) is 1.54. The number of rotatable bonds is 5. The van der Waals surface area contributed by atoms with E-state index in [1.54, 1.807) is 6.07 Å². The van der Waals surface area contributed by atoms with Gasteiger partial charge >= 0.3 is 0 Å². The first-order chi connectivity index (χ1) is 10.5. The van der Waals surface area contributed by atoms with Gasteiger partial charge in [0.1, 0.15) is 10.0 Å². The fourth-order valence-corrected chi connectivity index (χ4v) is 2.41. The highest BCUT2D eigenvalue weighted by atomic mass is 35.5. The third kappa shape index (κ3) is 4.09. The molecule has 0 aliphatic carbocycles. The van der Waals surface area contributed by atoms with Crippen molar-refractivity contribution in [2.24, 2.45) is 0 Å². The maximum atomic E-state index is 11.8. The SMILES string of the molecule is CCc1nnc(NC(=O)/C=C/c2ccc(Cl)c([N+](=O)[O-])c2)s1. The average Bonchev–Trinajstić information content (AvgIpc) is 2.93. The molecule has 0 atom stereocenters. The van der Waals surface area contributed by atoms with Gasteiger partial charge in [-0.3, -0.25) is 20.2 Å². The van der Waals surface area contributed by atoms with Crippen LogP contribution in [0.1, 0.15) is 17.5 Å². The summed E-state index contributed by atoms with van der Waals surface area (Å²) in [5, 5.41) is 22.4. The summed E-state index contributed by atoms with van der Waals surface area (Å²) in [6, 6.07) is 4.29. The number of aromatic nitrogens is 2. The molecule has 0 aliphatic heterocycles. The summed E-state index contributed by atoms with van der Waals surface area (Å²) in [5.41, 5.74) is 0.290. The molecule has 0 radical (unpaired) electrons. The van der Waals surface area contributed by atoms with Gasteiger partial charge in [-0.15, -0.1) is 10.2 Å². The standard InChI is InChI=1S/C13H11ClN4O3S/c1-2-12-16-17-13(22-12)15-11(19)6-4-8-3-5-9(14)10(7-8)18(20)21/h3-7H,2H2,1H3,(H,15,17,19)/b6-4+. The molecular formula is C13H11ClN4O3S. The van der Waals surface area contributed by atoms with Gasteiger partial charge in [0.2, 0.25) is 11.0 Å². The third-order valence-corrected chi connectivity index (χ3v) is 3.90. The second kappa shape index (κ2) is 7.10. The molecule has 0 unspecified atom stereocenters. The summed E-state index contributed by atoms with van der Waals surface area (Å²) in [6.45, 7) is 1.94. The molecule has 1 N–H and O–H groups in total. The Bertz CT molecular complexity index is 745. The van der Waals surface area contributed by atoms with E-state index in [0.29, 0.717) is 10.7 Å². The van der Waals surface area contributed by atoms with Gasteiger partial charge in [-0.25, -0.2) is 0 Å². The van der Waals surface area contributed by atoms with E-state index in [0.717, 1.165) is 11.4 Å². The fraction of sp³-hybridized carbons (Fsp3) is 0.154. The van der Waals surface area contributed by atoms with E-state index in [-0.39, 0.29) is 10.7 Å². The van der Waals surface area contributed by atoms with Crippen molar-refractivity contribution in [2.75, 3.05) is 5.32 Å². The Kier molecular flexibility index (Phi) is 5.18. The molecule has 0 spiro atoms. The summed E-state index contributed by atoms with van der Waals surface area (Å²) in [4.78, 5) is 22.0. The van der Waals surface area contributed by atoms with Crippen molar-refractivity contribution < 1.29 is 9.72 Å². The molecule has 1 amide bonds. The zero-order valence-corrected chi connectivity index (χ0v) is 13.0. The number of aryl methyl sites for hydroxylation is 1. The molecule has 22 heavy (non-hydrogen) atoms. The maximum Gasteiger partial charge on any atom is 0.288 e. The first-order valence-corrected chi connectivity index (χ1v) is 7.44. The van der Waals surface area contributed by atoms with Crippen LogP contribution >= 0.6 is 22.9 Å². The molecule has 0 aliphatic rings. The Morgan fingerprint density at radius 3 is 2.91 bits per heavy atom. The Morgan fingerprint density at radius 2 is 2.27 bits per heavy atom. The highest BCUT2D eigenvalue weighted by Crippen LogP contribution is 2.25. The van der Waals surface area contributed by atoms with Crippen LogP contribution in [0.4, 0.5) is 10.8 Å². The van der Waals surface area contributed by atoms with Crippen LogP contribution in [0.15, 0.2) is 24.3 Å². The molecule has 1 heterocycles. The van der Waals surface area contributed by atoms with Crippen LogP contribution in [0, 0.1) is 10.1 Å². The van der Waals surface area contributed by atoms with Gasteiger partial charge in [0.15, 0.2) is 0 Å². The number of nitro groups is 1. The molecule has 2 aromatic rings. The van der Waals surface area contributed by atoms with Gasteiger partial charge in [-0.1, -0.05) is 35.9 Å². The van der Waals surface area contributed by atoms with E-state index in [2.05, 4.69) is 15.5 Å². The average molecular weight is 339 g/mol. The van der Waals surface area contributed by atoms with Crippen molar-refractivity contribution in [3.8, 4) is 0 Å². The predicted molar refractivity (Wildman–Crippen MR) is 85.1 cm³/mol. The molecule has 1 aromatic carbocycles. The van der Waals surface area contributed by atoms with Crippen LogP contribution in [0.3, 0.4) is 0 Å². The molecule has 0 saturated heterocycles. The van der Waals surface area contributed by atoms with Crippen LogP contribution in [-0.2, 0) is 11.2 Å². The predicted octanol–water partition coefficient (Wildman–Crippen LogP) is 3.31. The van der Waals surface area contributed by atoms with Gasteiger partial charge in [0.05, 0.1) is 4.92 Å². The topological polar surface area (TPSA) is 98.0 Å². The number of amides is 1. The van der Waals surface area contributed by atoms with Gasteiger partial charge in [-0.05, 0) is 24.1 Å². The number of hydrogen-bond donors (Lipinski definition) is 1. The van der Waals surface area contributed by atoms with Crippen molar-refractivity contribution in [1.82, 2.24) is 10.2 Å². The van der Waals surface area contributed by atoms with Crippen molar-refractivity contribution in [1.29, 1.82) is 0 Å². The number of nitrogens with zero attached hydrogens (tertiary/aromatic N) is 3. The van der Waals surface area contributed by atoms with Crippen LogP contribution < -0.4 is 5.32 Å². The number of carbonyl (C=O) groups excluding carboxylic acids is 1. The molecule has 7 nitrogen and oxygen atoms in total. The lowest BCUT2D eigenvalue weighted by molar-refractivity contribution is -0.384. The van der Waals surface area contributed by atoms with Gasteiger partial charge in [0, 0.05) is 12.1 Å². The van der Waals surface area contributed by atoms with Crippen molar-refractivity contribution in [2.45, 2.75) is 13.3 Å². The minimum Gasteiger partial charge on any atom is -0.297 e. The number of halogens is 1. The van der Waals surface area contributed by atoms with E-state index in [1.807, 2.05) is 6.92 Å². The lowest BCUT2D eigenvalue weighted by Gasteiger charge is -1.98. The lowest BCUT2D eigenvalue weighted by atomic mass is 10.2. The second-order valence-electron chi connectivity index (χ2n) is 4.15. The summed E-state index contributed by atoms with van der Waals surface area (Å²) >= 11 is 7.01. The van der Waals surface area contributed by atoms with Gasteiger partial charge in [-0.2, -0.15) is 0 Å². The summed E-state index contributed by atoms with van der Waals surface area (Å²) in [7, 11) is 0. The maximum absolute atomic E-state index is 11.8. The normalized spacial score (nSPS) is 10.8. The zero-order chi connectivity index (χ0) is 16.1. The molecule has 9 heteroatoms. The summed E-state index contributed by atoms with van der Waals surface area (Å²) in [5.74, 6) is -0.392. The first kappa shape index (κ1) is 16.1. The van der Waals surface area contributed by atoms with Crippen LogP contribution in [-0.4, -0.2) is 21.0 Å². The Labute approximate surface area is 134 Å². The molecule has 114 valence electrons. The Hall–Kier alpha value is -2.32. The quantitative estimate of drug-likeness (QED) is 0.512. The molecule has 0 saturated carbocycles. The lowest BCUT2D eigenvalue weighted by Crippen LogP contribution is -2.07. The number of anilines is 1. The van der Waals surface area contributed by atoms with Crippen molar-refractivity contribution >= 4 is 45.7 Å². The molecule has 0 fully saturated rings. The number of benzene rings is 1. The van der Waals surface area contributed by atoms with E-state index in [4.69, 9.17) is 11.6 Å². The van der Waals surface area contributed by atoms with Crippen LogP contribution in [0.25, 0.3) is 6.08 Å². The van der Waals surface area contributed by atoms with Crippen molar-refractivity contribution in [3.05, 3.63) is 50.0 Å². The Balaban J connectivity index is 2.06. The smallest absolute Gasteiger partial charge is 0.288 e. The first-order valence-electron chi connectivity index (χ1n) is 6.25. The molecule has 1 aromatic heterocycles. The number of nitro benzene ring substituents is 1. The number of nitrogens with one attached hydrogen (secondary N) is 1. The molecule has 0 bridgehead atoms. The number of carbonyl (C=O) groups is 1. The van der Waals surface area contributed by atoms with Crippen LogP contribution in [0.5, 0.6) is 0 Å². The monoisotopic (exact) mass is 338 g/mol. The minimum absolute atomic E-state index is 0.0487. The highest BCUT2D eigenvalue weighted by Gasteiger charge is 2.12. The van der Waals surface area contributed by atoms with E-state index in [1.165, 1.54) is 35.6 Å². The third-order valence-electron chi connectivity index (χ3n) is 2.59. The van der Waals surface area contributed by atoms with E-state index >= 15 is 0 Å². The highest BCUT2D eigenvalue weighted by molar-refractivity contribution is 7.15. The molecule has 2 rings (SSSR count). The largest absolute Gasteiger partial charge is 0.297 e. The number of hydrogen-bond acceptors (Lipinski definition) is 6. The minimum atomic E-state index is -0.576. The van der Waals surface area contributed by atoms with Gasteiger partial charge in [0.25, 0.3) is 5.69 Å². The van der Waals surface area contributed by atoms with E-state index < -0.39 is 10.8 Å². The summed E-state index contributed by atoms with van der Waals surface area (Å²) in [6.07, 6.45) is 3.47. The second-order valence-corrected chi connectivity index (χ2v) is 5.61. The van der Waals surface area contributed by atoms with Gasteiger partial charge < -0.3 is 0 Å². The van der Waals surface area contributed by atoms with Crippen molar-refractivity contribution in [3.63, 3.8) is 0 Å². The van der Waals surface area contributed by atoms with Crippen LogP contribution in [0.2, 0.25) is 5.02 Å². The Morgan fingerprint density at radius 1 is 1.50 bits per heavy atom. The van der Waals surface area contributed by atoms with E-state index in [9.17, 15) is 14.9 Å². The zero-order valence-electron chi connectivity index (χ0n) is 11.4. The molecular weight excluding hydrogens is 328 g/mol. The summed E-state index contributed by atoms with van der Waals surface area (Å²) < 4.78 is 0.